The van der Waals surface area contributed by atoms with Crippen molar-refractivity contribution in [3.63, 3.8) is 0 Å². The van der Waals surface area contributed by atoms with E-state index in [1.807, 2.05) is 0 Å². The van der Waals surface area contributed by atoms with Gasteiger partial charge in [0.25, 0.3) is 0 Å². The molecule has 13 heteroatoms. The first-order chi connectivity index (χ1) is 15.5. The second-order valence-corrected chi connectivity index (χ2v) is 12.2. The van der Waals surface area contributed by atoms with Gasteiger partial charge < -0.3 is 35.4 Å². The molecule has 3 rings (SSSR count). The first kappa shape index (κ1) is 27.6. The van der Waals surface area contributed by atoms with Crippen LogP contribution >= 0.6 is 31.2 Å². The SMILES string of the molecule is CS[C@H]1O[C@H]([C@H](NC(=O)C2CCC(CC3CC3)CCN2)[C@H](C)Cl)[C@H](O)[C@H](O)[C@H]1OP(=O)(O)O. The first-order valence-corrected chi connectivity index (χ1v) is 14.7. The molecule has 0 aromatic rings. The maximum absolute atomic E-state index is 13.1. The molecule has 9 atom stereocenters. The fourth-order valence-electron chi connectivity index (χ4n) is 4.74. The molecule has 33 heavy (non-hydrogen) atoms. The third-order valence-corrected chi connectivity index (χ3v) is 8.35. The van der Waals surface area contributed by atoms with Gasteiger partial charge in [-0.2, -0.15) is 0 Å². The Balaban J connectivity index is 1.65. The molecule has 2 heterocycles. The minimum atomic E-state index is -4.94. The summed E-state index contributed by atoms with van der Waals surface area (Å²) < 4.78 is 21.8. The summed E-state index contributed by atoms with van der Waals surface area (Å²) in [4.78, 5) is 31.4. The number of hydrogen-bond donors (Lipinski definition) is 6. The standard InChI is InChI=1S/C20H36ClN2O8PS/c1-10(21)14(17-15(24)16(25)18(20(30-17)33-2)31-32(27,28)29)23-19(26)13-6-5-12(7-8-22-13)9-11-3-4-11/h10-18,20,22,24-25H,3-9H2,1-2H3,(H,23,26)(H2,27,28,29)/t10-,12?,13?,14+,15+,16-,17+,18+,20+/m0/s1. The van der Waals surface area contributed by atoms with Crippen molar-refractivity contribution in [2.45, 2.75) is 92.8 Å². The largest absolute Gasteiger partial charge is 0.470 e. The highest BCUT2D eigenvalue weighted by Gasteiger charge is 2.51. The van der Waals surface area contributed by atoms with Crippen molar-refractivity contribution in [1.29, 1.82) is 0 Å². The van der Waals surface area contributed by atoms with Crippen LogP contribution in [-0.4, -0.2) is 86.0 Å². The summed E-state index contributed by atoms with van der Waals surface area (Å²) in [5.74, 6) is 1.22. The van der Waals surface area contributed by atoms with E-state index in [2.05, 4.69) is 15.2 Å². The summed E-state index contributed by atoms with van der Waals surface area (Å²) in [5, 5.41) is 26.8. The van der Waals surface area contributed by atoms with Crippen LogP contribution in [0.25, 0.3) is 0 Å². The van der Waals surface area contributed by atoms with Crippen LogP contribution in [-0.2, 0) is 18.6 Å². The van der Waals surface area contributed by atoms with Gasteiger partial charge in [0.2, 0.25) is 5.91 Å². The molecular weight excluding hydrogens is 495 g/mol. The smallest absolute Gasteiger partial charge is 0.388 e. The van der Waals surface area contributed by atoms with E-state index >= 15 is 0 Å². The molecule has 1 saturated carbocycles. The number of alkyl halides is 1. The molecule has 0 bridgehead atoms. The van der Waals surface area contributed by atoms with Gasteiger partial charge in [0.05, 0.1) is 17.5 Å². The molecule has 3 fully saturated rings. The molecule has 0 aromatic heterocycles. The quantitative estimate of drug-likeness (QED) is 0.187. The molecular formula is C20H36ClN2O8PS. The normalized spacial score (nSPS) is 37.7. The first-order valence-electron chi connectivity index (χ1n) is 11.5. The van der Waals surface area contributed by atoms with Crippen molar-refractivity contribution in [3.8, 4) is 0 Å². The number of aliphatic hydroxyl groups is 2. The molecule has 192 valence electrons. The number of thioether (sulfide) groups is 1. The zero-order valence-electron chi connectivity index (χ0n) is 18.9. The molecule has 0 radical (unpaired) electrons. The topological polar surface area (TPSA) is 158 Å². The number of hydrogen-bond acceptors (Lipinski definition) is 8. The van der Waals surface area contributed by atoms with Gasteiger partial charge in [-0.15, -0.1) is 23.4 Å². The van der Waals surface area contributed by atoms with Crippen molar-refractivity contribution in [2.24, 2.45) is 11.8 Å². The highest BCUT2D eigenvalue weighted by molar-refractivity contribution is 7.99. The van der Waals surface area contributed by atoms with Crippen molar-refractivity contribution < 1.29 is 38.6 Å². The van der Waals surface area contributed by atoms with Crippen LogP contribution < -0.4 is 10.6 Å². The predicted molar refractivity (Wildman–Crippen MR) is 125 cm³/mol. The Morgan fingerprint density at radius 2 is 1.85 bits per heavy atom. The van der Waals surface area contributed by atoms with Crippen LogP contribution in [0, 0.1) is 11.8 Å². The summed E-state index contributed by atoms with van der Waals surface area (Å²) in [7, 11) is -4.94. The second-order valence-electron chi connectivity index (χ2n) is 9.38. The summed E-state index contributed by atoms with van der Waals surface area (Å²) >= 11 is 7.42. The van der Waals surface area contributed by atoms with Crippen molar-refractivity contribution in [2.75, 3.05) is 12.8 Å². The molecule has 6 N–H and O–H groups in total. The Morgan fingerprint density at radius 1 is 1.21 bits per heavy atom. The Kier molecular flexibility index (Phi) is 9.94. The molecule has 2 aliphatic heterocycles. The molecule has 2 saturated heterocycles. The van der Waals surface area contributed by atoms with Gasteiger partial charge in [0.15, 0.2) is 0 Å². The van der Waals surface area contributed by atoms with E-state index in [1.165, 1.54) is 19.3 Å². The summed E-state index contributed by atoms with van der Waals surface area (Å²) in [5.41, 5.74) is -0.991. The maximum atomic E-state index is 13.1. The third-order valence-electron chi connectivity index (χ3n) is 6.72. The predicted octanol–water partition coefficient (Wildman–Crippen LogP) is 0.944. The number of carbonyl (C=O) groups is 1. The molecule has 3 aliphatic rings. The number of phosphoric acid groups is 1. The number of carbonyl (C=O) groups excluding carboxylic acids is 1. The maximum Gasteiger partial charge on any atom is 0.470 e. The Labute approximate surface area is 203 Å². The number of phosphoric ester groups is 1. The summed E-state index contributed by atoms with van der Waals surface area (Å²) in [6.45, 7) is 2.40. The number of nitrogens with one attached hydrogen (secondary N) is 2. The third kappa shape index (κ3) is 7.77. The van der Waals surface area contributed by atoms with E-state index in [1.54, 1.807) is 13.2 Å². The number of aliphatic hydroxyl groups excluding tert-OH is 2. The van der Waals surface area contributed by atoms with Crippen molar-refractivity contribution >= 4 is 37.1 Å². The van der Waals surface area contributed by atoms with E-state index in [0.717, 1.165) is 37.1 Å². The minimum absolute atomic E-state index is 0.251. The lowest BCUT2D eigenvalue weighted by Crippen LogP contribution is -2.65. The van der Waals surface area contributed by atoms with Crippen molar-refractivity contribution in [3.05, 3.63) is 0 Å². The fraction of sp³-hybridized carbons (Fsp3) is 0.950. The average Bonchev–Trinajstić information content (AvgIpc) is 3.57. The lowest BCUT2D eigenvalue weighted by molar-refractivity contribution is -0.201. The lowest BCUT2D eigenvalue weighted by Gasteiger charge is -2.45. The van der Waals surface area contributed by atoms with Gasteiger partial charge in [-0.3, -0.25) is 9.32 Å². The molecule has 1 aliphatic carbocycles. The second kappa shape index (κ2) is 11.9. The van der Waals surface area contributed by atoms with Crippen LogP contribution in [0.15, 0.2) is 0 Å². The Hall–Kier alpha value is 0.0600. The van der Waals surface area contributed by atoms with E-state index in [-0.39, 0.29) is 11.9 Å². The fourth-order valence-corrected chi connectivity index (χ4v) is 6.30. The van der Waals surface area contributed by atoms with E-state index in [0.29, 0.717) is 12.3 Å². The lowest BCUT2D eigenvalue weighted by atomic mass is 9.92. The highest BCUT2D eigenvalue weighted by Crippen LogP contribution is 2.43. The number of amides is 1. The van der Waals surface area contributed by atoms with E-state index in [9.17, 15) is 19.6 Å². The van der Waals surface area contributed by atoms with Crippen LogP contribution in [0.5, 0.6) is 0 Å². The zero-order valence-corrected chi connectivity index (χ0v) is 21.3. The van der Waals surface area contributed by atoms with Gasteiger partial charge in [-0.1, -0.05) is 12.8 Å². The van der Waals surface area contributed by atoms with Crippen LogP contribution in [0.3, 0.4) is 0 Å². The molecule has 1 amide bonds. The average molecular weight is 531 g/mol. The molecule has 10 nitrogen and oxygen atoms in total. The number of halogens is 1. The zero-order chi connectivity index (χ0) is 24.3. The van der Waals surface area contributed by atoms with Crippen LogP contribution in [0.4, 0.5) is 0 Å². The minimum Gasteiger partial charge on any atom is -0.388 e. The van der Waals surface area contributed by atoms with Crippen molar-refractivity contribution in [1.82, 2.24) is 10.6 Å². The molecule has 2 unspecified atom stereocenters. The van der Waals surface area contributed by atoms with E-state index in [4.69, 9.17) is 26.1 Å². The molecule has 0 aromatic carbocycles. The highest BCUT2D eigenvalue weighted by atomic mass is 35.5. The van der Waals surface area contributed by atoms with Crippen LogP contribution in [0.1, 0.15) is 45.4 Å². The molecule has 0 spiro atoms. The van der Waals surface area contributed by atoms with Gasteiger partial charge in [-0.05, 0) is 57.2 Å². The summed E-state index contributed by atoms with van der Waals surface area (Å²) in [6, 6.07) is -1.23. The number of ether oxygens (including phenoxy) is 1. The monoisotopic (exact) mass is 530 g/mol. The van der Waals surface area contributed by atoms with Gasteiger partial charge in [-0.25, -0.2) is 4.57 Å². The summed E-state index contributed by atoms with van der Waals surface area (Å²) in [6.07, 6.45) is 2.41. The van der Waals surface area contributed by atoms with Gasteiger partial charge in [0.1, 0.15) is 29.9 Å². The van der Waals surface area contributed by atoms with E-state index < -0.39 is 49.1 Å². The Morgan fingerprint density at radius 3 is 2.42 bits per heavy atom. The Bertz CT molecular complexity index is 710. The van der Waals surface area contributed by atoms with Gasteiger partial charge in [0, 0.05) is 0 Å². The number of rotatable bonds is 9. The van der Waals surface area contributed by atoms with Crippen LogP contribution in [0.2, 0.25) is 0 Å². The van der Waals surface area contributed by atoms with Gasteiger partial charge >= 0.3 is 7.82 Å².